The Morgan fingerprint density at radius 2 is 2.19 bits per heavy atom. The normalized spacial score (nSPS) is 10.7. The van der Waals surface area contributed by atoms with Crippen LogP contribution >= 0.6 is 0 Å². The molecule has 2 aromatic heterocycles. The first-order valence-electron chi connectivity index (χ1n) is 6.41. The minimum atomic E-state index is -0.306. The highest BCUT2D eigenvalue weighted by molar-refractivity contribution is 5.99. The third kappa shape index (κ3) is 2.66. The molecule has 3 rings (SSSR count). The standard InChI is InChI=1S/C14H14N6O/c1-20-8-17-13(19-20)7-16-14(21)12-6-10(15)9-4-2-3-5-11(9)18-12/h2-6,8H,7H2,1H3,(H2,15,18)(H,16,21). The molecule has 0 atom stereocenters. The van der Waals surface area contributed by atoms with Crippen LogP contribution in [0.15, 0.2) is 36.7 Å². The van der Waals surface area contributed by atoms with Gasteiger partial charge in [-0.1, -0.05) is 18.2 Å². The predicted octanol–water partition coefficient (Wildman–Crippen LogP) is 0.875. The van der Waals surface area contributed by atoms with Crippen LogP contribution in [0.1, 0.15) is 16.3 Å². The minimum absolute atomic E-state index is 0.244. The summed E-state index contributed by atoms with van der Waals surface area (Å²) < 4.78 is 1.58. The Morgan fingerprint density at radius 1 is 1.38 bits per heavy atom. The number of pyridine rings is 1. The molecule has 106 valence electrons. The Kier molecular flexibility index (Phi) is 3.23. The fourth-order valence-electron chi connectivity index (χ4n) is 2.03. The summed E-state index contributed by atoms with van der Waals surface area (Å²) in [5.74, 6) is 0.236. The van der Waals surface area contributed by atoms with E-state index in [1.165, 1.54) is 0 Å². The number of benzene rings is 1. The van der Waals surface area contributed by atoms with E-state index in [0.717, 1.165) is 5.39 Å². The molecular formula is C14H14N6O. The van der Waals surface area contributed by atoms with Crippen LogP contribution in [0.25, 0.3) is 10.9 Å². The van der Waals surface area contributed by atoms with Gasteiger partial charge in [-0.15, -0.1) is 0 Å². The van der Waals surface area contributed by atoms with Crippen molar-refractivity contribution in [2.24, 2.45) is 7.05 Å². The number of aromatic nitrogens is 4. The molecule has 21 heavy (non-hydrogen) atoms. The fourth-order valence-corrected chi connectivity index (χ4v) is 2.03. The zero-order valence-electron chi connectivity index (χ0n) is 11.4. The number of nitrogen functional groups attached to an aromatic ring is 1. The molecule has 1 aromatic carbocycles. The van der Waals surface area contributed by atoms with Gasteiger partial charge in [-0.05, 0) is 12.1 Å². The summed E-state index contributed by atoms with van der Waals surface area (Å²) >= 11 is 0. The van der Waals surface area contributed by atoms with Gasteiger partial charge in [0.15, 0.2) is 5.82 Å². The van der Waals surface area contributed by atoms with Crippen LogP contribution in [0.3, 0.4) is 0 Å². The molecule has 0 bridgehead atoms. The van der Waals surface area contributed by atoms with Crippen molar-refractivity contribution in [1.82, 2.24) is 25.1 Å². The van der Waals surface area contributed by atoms with Gasteiger partial charge in [0.2, 0.25) is 0 Å². The summed E-state index contributed by atoms with van der Waals surface area (Å²) in [5.41, 5.74) is 7.46. The lowest BCUT2D eigenvalue weighted by Crippen LogP contribution is -2.24. The Bertz CT molecular complexity index is 810. The van der Waals surface area contributed by atoms with Crippen molar-refractivity contribution in [2.45, 2.75) is 6.54 Å². The van der Waals surface area contributed by atoms with E-state index in [-0.39, 0.29) is 18.1 Å². The number of nitrogens with two attached hydrogens (primary N) is 1. The van der Waals surface area contributed by atoms with E-state index in [1.807, 2.05) is 24.3 Å². The van der Waals surface area contributed by atoms with Gasteiger partial charge in [0.25, 0.3) is 5.91 Å². The average molecular weight is 282 g/mol. The molecular weight excluding hydrogens is 268 g/mol. The van der Waals surface area contributed by atoms with Crippen molar-refractivity contribution in [3.63, 3.8) is 0 Å². The Morgan fingerprint density at radius 3 is 2.95 bits per heavy atom. The zero-order chi connectivity index (χ0) is 14.8. The number of aryl methyl sites for hydroxylation is 1. The summed E-state index contributed by atoms with van der Waals surface area (Å²) in [4.78, 5) is 20.5. The Labute approximate surface area is 120 Å². The number of hydrogen-bond acceptors (Lipinski definition) is 5. The molecule has 3 aromatic rings. The van der Waals surface area contributed by atoms with Gasteiger partial charge in [-0.25, -0.2) is 9.97 Å². The highest BCUT2D eigenvalue weighted by Crippen LogP contribution is 2.19. The average Bonchev–Trinajstić information content (AvgIpc) is 2.90. The maximum absolute atomic E-state index is 12.1. The monoisotopic (exact) mass is 282 g/mol. The van der Waals surface area contributed by atoms with Crippen molar-refractivity contribution < 1.29 is 4.79 Å². The first kappa shape index (κ1) is 13.0. The Balaban J connectivity index is 1.81. The van der Waals surface area contributed by atoms with Crippen LogP contribution < -0.4 is 11.1 Å². The summed E-state index contributed by atoms with van der Waals surface area (Å²) in [6.07, 6.45) is 1.58. The van der Waals surface area contributed by atoms with Crippen LogP contribution in [-0.4, -0.2) is 25.7 Å². The number of para-hydroxylation sites is 1. The van der Waals surface area contributed by atoms with E-state index in [1.54, 1.807) is 24.1 Å². The van der Waals surface area contributed by atoms with Crippen LogP contribution in [0.4, 0.5) is 5.69 Å². The van der Waals surface area contributed by atoms with Crippen LogP contribution in [-0.2, 0) is 13.6 Å². The van der Waals surface area contributed by atoms with E-state index < -0.39 is 0 Å². The number of rotatable bonds is 3. The third-order valence-electron chi connectivity index (χ3n) is 3.03. The molecule has 0 unspecified atom stereocenters. The molecule has 7 heteroatoms. The van der Waals surface area contributed by atoms with Crippen LogP contribution in [0, 0.1) is 0 Å². The van der Waals surface area contributed by atoms with Gasteiger partial charge in [0.05, 0.1) is 12.1 Å². The molecule has 0 radical (unpaired) electrons. The lowest BCUT2D eigenvalue weighted by atomic mass is 10.1. The fraction of sp³-hybridized carbons (Fsp3) is 0.143. The number of hydrogen-bond donors (Lipinski definition) is 2. The van der Waals surface area contributed by atoms with Crippen LogP contribution in [0.2, 0.25) is 0 Å². The van der Waals surface area contributed by atoms with E-state index in [4.69, 9.17) is 5.73 Å². The highest BCUT2D eigenvalue weighted by Gasteiger charge is 2.11. The predicted molar refractivity (Wildman–Crippen MR) is 78.3 cm³/mol. The minimum Gasteiger partial charge on any atom is -0.398 e. The second kappa shape index (κ2) is 5.20. The molecule has 3 N–H and O–H groups in total. The van der Waals surface area contributed by atoms with E-state index >= 15 is 0 Å². The summed E-state index contributed by atoms with van der Waals surface area (Å²) in [7, 11) is 1.77. The number of carbonyl (C=O) groups excluding carboxylic acids is 1. The molecule has 0 spiro atoms. The van der Waals surface area contributed by atoms with Crippen molar-refractivity contribution in [3.8, 4) is 0 Å². The maximum atomic E-state index is 12.1. The molecule has 1 amide bonds. The van der Waals surface area contributed by atoms with Crippen molar-refractivity contribution >= 4 is 22.5 Å². The van der Waals surface area contributed by atoms with Gasteiger partial charge in [0, 0.05) is 18.1 Å². The number of fused-ring (bicyclic) bond motifs is 1. The van der Waals surface area contributed by atoms with Gasteiger partial charge in [0.1, 0.15) is 12.0 Å². The molecule has 0 aliphatic rings. The number of anilines is 1. The largest absolute Gasteiger partial charge is 0.398 e. The highest BCUT2D eigenvalue weighted by atomic mass is 16.1. The molecule has 0 aliphatic heterocycles. The van der Waals surface area contributed by atoms with Gasteiger partial charge < -0.3 is 11.1 Å². The Hall–Kier alpha value is -2.96. The maximum Gasteiger partial charge on any atom is 0.270 e. The molecule has 2 heterocycles. The second-order valence-electron chi connectivity index (χ2n) is 4.63. The molecule has 0 saturated heterocycles. The topological polar surface area (TPSA) is 98.7 Å². The van der Waals surface area contributed by atoms with Crippen molar-refractivity contribution in [2.75, 3.05) is 5.73 Å². The summed E-state index contributed by atoms with van der Waals surface area (Å²) in [6, 6.07) is 9.00. The van der Waals surface area contributed by atoms with Gasteiger partial charge >= 0.3 is 0 Å². The second-order valence-corrected chi connectivity index (χ2v) is 4.63. The van der Waals surface area contributed by atoms with Gasteiger partial charge in [-0.2, -0.15) is 5.10 Å². The smallest absolute Gasteiger partial charge is 0.270 e. The number of nitrogens with one attached hydrogen (secondary N) is 1. The summed E-state index contributed by atoms with van der Waals surface area (Å²) in [6.45, 7) is 0.244. The van der Waals surface area contributed by atoms with E-state index in [2.05, 4.69) is 20.4 Å². The van der Waals surface area contributed by atoms with E-state index in [0.29, 0.717) is 17.0 Å². The quantitative estimate of drug-likeness (QED) is 0.743. The molecule has 0 aliphatic carbocycles. The lowest BCUT2D eigenvalue weighted by molar-refractivity contribution is 0.0945. The third-order valence-corrected chi connectivity index (χ3v) is 3.03. The number of nitrogens with zero attached hydrogens (tertiary/aromatic N) is 4. The number of carbonyl (C=O) groups is 1. The lowest BCUT2D eigenvalue weighted by Gasteiger charge is -2.06. The van der Waals surface area contributed by atoms with Gasteiger partial charge in [-0.3, -0.25) is 9.48 Å². The molecule has 0 saturated carbocycles. The van der Waals surface area contributed by atoms with Crippen molar-refractivity contribution in [1.29, 1.82) is 0 Å². The zero-order valence-corrected chi connectivity index (χ0v) is 11.4. The number of amides is 1. The first-order valence-corrected chi connectivity index (χ1v) is 6.41. The van der Waals surface area contributed by atoms with E-state index in [9.17, 15) is 4.79 Å². The first-order chi connectivity index (χ1) is 10.1. The SMILES string of the molecule is Cn1cnc(CNC(=O)c2cc(N)c3ccccc3n2)n1. The summed E-state index contributed by atoms with van der Waals surface area (Å²) in [5, 5.41) is 7.65. The molecule has 0 fully saturated rings. The van der Waals surface area contributed by atoms with Crippen molar-refractivity contribution in [3.05, 3.63) is 48.2 Å². The van der Waals surface area contributed by atoms with Crippen LogP contribution in [0.5, 0.6) is 0 Å². The molecule has 7 nitrogen and oxygen atoms in total.